The maximum atomic E-state index is 12.2. The summed E-state index contributed by atoms with van der Waals surface area (Å²) in [5, 5.41) is 21.3. The van der Waals surface area contributed by atoms with Crippen molar-refractivity contribution in [3.63, 3.8) is 0 Å². The zero-order valence-corrected chi connectivity index (χ0v) is 15.6. The Morgan fingerprint density at radius 2 is 1.67 bits per heavy atom. The van der Waals surface area contributed by atoms with E-state index in [-0.39, 0.29) is 17.3 Å². The van der Waals surface area contributed by atoms with Crippen molar-refractivity contribution >= 4 is 5.78 Å². The van der Waals surface area contributed by atoms with Crippen molar-refractivity contribution < 1.29 is 15.0 Å². The topological polar surface area (TPSA) is 57.5 Å². The molecule has 0 aromatic carbocycles. The summed E-state index contributed by atoms with van der Waals surface area (Å²) >= 11 is 0. The van der Waals surface area contributed by atoms with Crippen LogP contribution in [0.15, 0.2) is 0 Å². The maximum Gasteiger partial charge on any atom is 0.161 e. The zero-order chi connectivity index (χ0) is 17.3. The average Bonchev–Trinajstić information content (AvgIpc) is 2.81. The predicted molar refractivity (Wildman–Crippen MR) is 93.4 cm³/mol. The van der Waals surface area contributed by atoms with Crippen molar-refractivity contribution in [2.24, 2.45) is 34.5 Å². The second kappa shape index (κ2) is 5.30. The van der Waals surface area contributed by atoms with Crippen molar-refractivity contribution in [1.82, 2.24) is 0 Å². The molecule has 3 heteroatoms. The van der Waals surface area contributed by atoms with Crippen molar-refractivity contribution in [2.75, 3.05) is 0 Å². The van der Waals surface area contributed by atoms with Gasteiger partial charge in [-0.15, -0.1) is 0 Å². The molecule has 0 unspecified atom stereocenters. The Hall–Kier alpha value is -0.410. The molecule has 0 bridgehead atoms. The molecule has 0 aliphatic heterocycles. The number of carbonyl (C=O) groups is 1. The largest absolute Gasteiger partial charge is 0.393 e. The van der Waals surface area contributed by atoms with Gasteiger partial charge in [-0.25, -0.2) is 0 Å². The summed E-state index contributed by atoms with van der Waals surface area (Å²) in [6.45, 7) is 6.26. The highest BCUT2D eigenvalue weighted by atomic mass is 16.3. The highest BCUT2D eigenvalue weighted by molar-refractivity contribution is 5.86. The van der Waals surface area contributed by atoms with Crippen LogP contribution < -0.4 is 0 Å². The third kappa shape index (κ3) is 2.00. The van der Waals surface area contributed by atoms with E-state index in [1.807, 2.05) is 0 Å². The van der Waals surface area contributed by atoms with E-state index in [9.17, 15) is 15.0 Å². The minimum Gasteiger partial charge on any atom is -0.393 e. The maximum absolute atomic E-state index is 12.2. The van der Waals surface area contributed by atoms with Crippen LogP contribution >= 0.6 is 0 Å². The van der Waals surface area contributed by atoms with Gasteiger partial charge in [0.2, 0.25) is 0 Å². The number of aliphatic hydroxyl groups excluding tert-OH is 1. The van der Waals surface area contributed by atoms with Gasteiger partial charge in [0.05, 0.1) is 6.10 Å². The first-order chi connectivity index (χ1) is 11.2. The monoisotopic (exact) mass is 334 g/mol. The fraction of sp³-hybridized carbons (Fsp3) is 0.952. The van der Waals surface area contributed by atoms with Crippen molar-refractivity contribution in [3.8, 4) is 0 Å². The Labute approximate surface area is 146 Å². The molecule has 0 saturated heterocycles. The first kappa shape index (κ1) is 17.0. The van der Waals surface area contributed by atoms with E-state index in [1.165, 1.54) is 12.8 Å². The van der Waals surface area contributed by atoms with Crippen LogP contribution in [0, 0.1) is 34.5 Å². The molecule has 4 rings (SSSR count). The van der Waals surface area contributed by atoms with E-state index < -0.39 is 5.60 Å². The predicted octanol–water partition coefficient (Wildman–Crippen LogP) is 3.71. The van der Waals surface area contributed by atoms with Crippen molar-refractivity contribution in [1.29, 1.82) is 0 Å². The number of ketones is 1. The first-order valence-electron chi connectivity index (χ1n) is 10.1. The molecule has 4 aliphatic rings. The number of carbonyl (C=O) groups excluding carboxylic acids is 1. The van der Waals surface area contributed by atoms with E-state index in [4.69, 9.17) is 0 Å². The molecular formula is C21H34O3. The molecule has 136 valence electrons. The molecule has 24 heavy (non-hydrogen) atoms. The third-order valence-corrected chi connectivity index (χ3v) is 9.37. The quantitative estimate of drug-likeness (QED) is 0.768. The lowest BCUT2D eigenvalue weighted by atomic mass is 9.44. The molecule has 2 N–H and O–H groups in total. The molecule has 0 heterocycles. The SMILES string of the molecule is CC(=O)[C@]1(O)CC[C@H]2[C@@H]3CC[C@@H]4C[C@H](O)CC[C@]4(C)[C@H]3CC[C@@]21C. The van der Waals surface area contributed by atoms with Gasteiger partial charge in [-0.3, -0.25) is 4.79 Å². The minimum atomic E-state index is -1.09. The smallest absolute Gasteiger partial charge is 0.161 e. The molecule has 8 atom stereocenters. The number of fused-ring (bicyclic) bond motifs is 5. The van der Waals surface area contributed by atoms with E-state index in [0.29, 0.717) is 29.6 Å². The highest BCUT2D eigenvalue weighted by Crippen LogP contribution is 2.68. The van der Waals surface area contributed by atoms with Gasteiger partial charge in [0, 0.05) is 5.41 Å². The number of hydrogen-bond acceptors (Lipinski definition) is 3. The number of aliphatic hydroxyl groups is 2. The first-order valence-corrected chi connectivity index (χ1v) is 10.1. The van der Waals surface area contributed by atoms with Crippen LogP contribution in [0.2, 0.25) is 0 Å². The van der Waals surface area contributed by atoms with Crippen LogP contribution in [-0.4, -0.2) is 27.7 Å². The van der Waals surface area contributed by atoms with Gasteiger partial charge in [0.25, 0.3) is 0 Å². The number of rotatable bonds is 1. The molecule has 3 nitrogen and oxygen atoms in total. The Morgan fingerprint density at radius 1 is 0.958 bits per heavy atom. The summed E-state index contributed by atoms with van der Waals surface area (Å²) in [6.07, 6.45) is 9.25. The van der Waals surface area contributed by atoms with Gasteiger partial charge in [-0.2, -0.15) is 0 Å². The average molecular weight is 335 g/mol. The second-order valence-electron chi connectivity index (χ2n) is 10.00. The summed E-state index contributed by atoms with van der Waals surface area (Å²) in [5.41, 5.74) is -0.957. The van der Waals surface area contributed by atoms with Crippen LogP contribution in [-0.2, 0) is 4.79 Å². The van der Waals surface area contributed by atoms with Gasteiger partial charge < -0.3 is 10.2 Å². The Balaban J connectivity index is 1.65. The molecule has 0 aromatic heterocycles. The molecular weight excluding hydrogens is 300 g/mol. The lowest BCUT2D eigenvalue weighted by Crippen LogP contribution is -2.58. The Kier molecular flexibility index (Phi) is 3.76. The summed E-state index contributed by atoms with van der Waals surface area (Å²) in [5.74, 6) is 2.52. The van der Waals surface area contributed by atoms with E-state index in [2.05, 4.69) is 13.8 Å². The van der Waals surface area contributed by atoms with Crippen LogP contribution in [0.4, 0.5) is 0 Å². The van der Waals surface area contributed by atoms with Gasteiger partial charge in [-0.05, 0) is 93.8 Å². The van der Waals surface area contributed by atoms with Crippen LogP contribution in [0.3, 0.4) is 0 Å². The number of hydrogen-bond donors (Lipinski definition) is 2. The van der Waals surface area contributed by atoms with E-state index in [1.54, 1.807) is 6.92 Å². The summed E-state index contributed by atoms with van der Waals surface area (Å²) in [4.78, 5) is 12.2. The molecule has 4 fully saturated rings. The molecule has 4 saturated carbocycles. The molecule has 4 aliphatic carbocycles. The third-order valence-electron chi connectivity index (χ3n) is 9.37. The lowest BCUT2D eigenvalue weighted by Gasteiger charge is -2.61. The summed E-state index contributed by atoms with van der Waals surface area (Å²) < 4.78 is 0. The molecule has 0 aromatic rings. The van der Waals surface area contributed by atoms with Gasteiger partial charge in [0.1, 0.15) is 5.60 Å². The van der Waals surface area contributed by atoms with Crippen molar-refractivity contribution in [2.45, 2.75) is 90.3 Å². The Morgan fingerprint density at radius 3 is 2.38 bits per heavy atom. The van der Waals surface area contributed by atoms with Gasteiger partial charge in [0.15, 0.2) is 5.78 Å². The summed E-state index contributed by atoms with van der Waals surface area (Å²) in [7, 11) is 0. The fourth-order valence-corrected chi connectivity index (χ4v) is 7.83. The second-order valence-corrected chi connectivity index (χ2v) is 10.00. The standard InChI is InChI=1S/C21H34O3/c1-13(22)21(24)11-8-18-16-5-4-14-12-15(23)6-9-19(14,2)17(16)7-10-20(18,21)3/h14-18,23-24H,4-12H2,1-3H3/t14-,15-,16-,17+,18+,19+,20+,21-/m1/s1. The molecule has 0 radical (unpaired) electrons. The Bertz CT molecular complexity index is 545. The van der Waals surface area contributed by atoms with Gasteiger partial charge in [-0.1, -0.05) is 13.8 Å². The fourth-order valence-electron chi connectivity index (χ4n) is 7.83. The lowest BCUT2D eigenvalue weighted by molar-refractivity contribution is -0.170. The van der Waals surface area contributed by atoms with Crippen LogP contribution in [0.25, 0.3) is 0 Å². The molecule has 0 spiro atoms. The van der Waals surface area contributed by atoms with E-state index in [0.717, 1.165) is 44.4 Å². The minimum absolute atomic E-state index is 0.0216. The number of Topliss-reactive ketones (excluding diaryl/α,β-unsaturated/α-hetero) is 1. The van der Waals surface area contributed by atoms with Crippen LogP contribution in [0.1, 0.15) is 78.6 Å². The van der Waals surface area contributed by atoms with Crippen molar-refractivity contribution in [3.05, 3.63) is 0 Å². The summed E-state index contributed by atoms with van der Waals surface area (Å²) in [6, 6.07) is 0. The highest BCUT2D eigenvalue weighted by Gasteiger charge is 2.65. The molecule has 0 amide bonds. The normalized spacial score (nSPS) is 57.0. The van der Waals surface area contributed by atoms with E-state index >= 15 is 0 Å². The van der Waals surface area contributed by atoms with Gasteiger partial charge >= 0.3 is 0 Å². The zero-order valence-electron chi connectivity index (χ0n) is 15.6. The van der Waals surface area contributed by atoms with Crippen LogP contribution in [0.5, 0.6) is 0 Å².